The Bertz CT molecular complexity index is 1110. The van der Waals surface area contributed by atoms with E-state index in [4.69, 9.17) is 5.14 Å². The monoisotopic (exact) mass is 471 g/mol. The van der Waals surface area contributed by atoms with Crippen LogP contribution in [0.4, 0.5) is 0 Å². The summed E-state index contributed by atoms with van der Waals surface area (Å²) in [6, 6.07) is 13.9. The van der Waals surface area contributed by atoms with Gasteiger partial charge in [-0.1, -0.05) is 75.6 Å². The summed E-state index contributed by atoms with van der Waals surface area (Å²) in [4.78, 5) is 26.6. The van der Waals surface area contributed by atoms with Crippen LogP contribution >= 0.6 is 0 Å². The van der Waals surface area contributed by atoms with E-state index in [1.807, 2.05) is 24.3 Å². The first kappa shape index (κ1) is 24.9. The predicted molar refractivity (Wildman–Crippen MR) is 128 cm³/mol. The van der Waals surface area contributed by atoms with Crippen molar-refractivity contribution in [2.24, 2.45) is 10.6 Å². The van der Waals surface area contributed by atoms with Crippen LogP contribution in [0.1, 0.15) is 58.4 Å². The Morgan fingerprint density at radius 2 is 1.48 bits per heavy atom. The molecule has 0 aliphatic carbocycles. The summed E-state index contributed by atoms with van der Waals surface area (Å²) in [5.74, 6) is -0.270. The van der Waals surface area contributed by atoms with Crippen LogP contribution in [-0.2, 0) is 26.2 Å². The molecular weight excluding hydrogens is 438 g/mol. The molecule has 0 spiro atoms. The Labute approximate surface area is 196 Å². The molecule has 2 N–H and O–H groups in total. The van der Waals surface area contributed by atoms with Crippen molar-refractivity contribution in [1.29, 1.82) is 0 Å². The van der Waals surface area contributed by atoms with Gasteiger partial charge in [0.25, 0.3) is 11.8 Å². The van der Waals surface area contributed by atoms with Crippen molar-refractivity contribution in [1.82, 2.24) is 10.0 Å². The Hall–Kier alpha value is -2.71. The second-order valence-corrected chi connectivity index (χ2v) is 10.3. The van der Waals surface area contributed by atoms with Crippen molar-refractivity contribution < 1.29 is 18.0 Å². The summed E-state index contributed by atoms with van der Waals surface area (Å²) in [5, 5.41) is 8.57. The standard InChI is InChI=1S/C25H33N3O4S/c1-4-6-16-25(3)23(29)27(17-7-5-2)28(24(25)30)18-19-12-14-20(15-13-19)21-10-8-9-11-22(21)33(26,31)32/h8-15H,4-7,16-18H2,1-3H3,(H2,26,31,32). The lowest BCUT2D eigenvalue weighted by Gasteiger charge is -2.28. The van der Waals surface area contributed by atoms with E-state index in [1.54, 1.807) is 35.1 Å². The fourth-order valence-corrected chi connectivity index (χ4v) is 4.99. The van der Waals surface area contributed by atoms with Gasteiger partial charge in [0.1, 0.15) is 5.41 Å². The van der Waals surface area contributed by atoms with Crippen LogP contribution in [0.3, 0.4) is 0 Å². The summed E-state index contributed by atoms with van der Waals surface area (Å²) < 4.78 is 23.9. The highest BCUT2D eigenvalue weighted by atomic mass is 32.2. The first-order valence-electron chi connectivity index (χ1n) is 11.5. The molecule has 33 heavy (non-hydrogen) atoms. The summed E-state index contributed by atoms with van der Waals surface area (Å²) in [5.41, 5.74) is 1.07. The van der Waals surface area contributed by atoms with Crippen LogP contribution in [-0.4, -0.2) is 36.8 Å². The number of nitrogens with zero attached hydrogens (tertiary/aromatic N) is 2. The largest absolute Gasteiger partial charge is 0.272 e. The van der Waals surface area contributed by atoms with Gasteiger partial charge in [0.05, 0.1) is 11.4 Å². The van der Waals surface area contributed by atoms with Crippen molar-refractivity contribution in [3.05, 3.63) is 54.1 Å². The van der Waals surface area contributed by atoms with Gasteiger partial charge in [-0.2, -0.15) is 0 Å². The van der Waals surface area contributed by atoms with E-state index in [1.165, 1.54) is 6.07 Å². The maximum absolute atomic E-state index is 13.3. The van der Waals surface area contributed by atoms with E-state index < -0.39 is 15.4 Å². The fourth-order valence-electron chi connectivity index (χ4n) is 4.23. The highest BCUT2D eigenvalue weighted by Gasteiger charge is 2.54. The van der Waals surface area contributed by atoms with Crippen molar-refractivity contribution >= 4 is 21.8 Å². The lowest BCUT2D eigenvalue weighted by molar-refractivity contribution is -0.148. The maximum atomic E-state index is 13.3. The first-order chi connectivity index (χ1) is 15.6. The third-order valence-corrected chi connectivity index (χ3v) is 7.22. The van der Waals surface area contributed by atoms with Gasteiger partial charge in [0.2, 0.25) is 10.0 Å². The van der Waals surface area contributed by atoms with Crippen LogP contribution in [0.2, 0.25) is 0 Å². The molecule has 0 bridgehead atoms. The molecule has 7 nitrogen and oxygen atoms in total. The number of primary sulfonamides is 1. The lowest BCUT2D eigenvalue weighted by atomic mass is 9.84. The minimum absolute atomic E-state index is 0.0653. The van der Waals surface area contributed by atoms with E-state index in [0.29, 0.717) is 24.1 Å². The van der Waals surface area contributed by atoms with E-state index in [2.05, 4.69) is 13.8 Å². The molecule has 1 unspecified atom stereocenters. The van der Waals surface area contributed by atoms with Gasteiger partial charge in [0, 0.05) is 12.1 Å². The average molecular weight is 472 g/mol. The van der Waals surface area contributed by atoms with Crippen molar-refractivity contribution in [2.45, 2.75) is 64.3 Å². The molecule has 2 aromatic carbocycles. The zero-order valence-corrected chi connectivity index (χ0v) is 20.4. The molecule has 2 aromatic rings. The minimum Gasteiger partial charge on any atom is -0.272 e. The number of carbonyl (C=O) groups excluding carboxylic acids is 2. The molecule has 1 aliphatic heterocycles. The second kappa shape index (κ2) is 10.1. The molecule has 0 saturated carbocycles. The molecule has 0 aromatic heterocycles. The van der Waals surface area contributed by atoms with Crippen molar-refractivity contribution in [2.75, 3.05) is 6.54 Å². The molecule has 1 aliphatic rings. The third kappa shape index (κ3) is 5.12. The number of benzene rings is 2. The maximum Gasteiger partial charge on any atom is 0.256 e. The number of rotatable bonds is 10. The van der Waals surface area contributed by atoms with Gasteiger partial charge in [0.15, 0.2) is 0 Å². The normalized spacial score (nSPS) is 18.9. The number of hydrogen-bond donors (Lipinski definition) is 1. The van der Waals surface area contributed by atoms with E-state index in [-0.39, 0.29) is 23.3 Å². The average Bonchev–Trinajstić information content (AvgIpc) is 2.97. The molecule has 8 heteroatoms. The zero-order chi connectivity index (χ0) is 24.2. The highest BCUT2D eigenvalue weighted by molar-refractivity contribution is 7.89. The number of hydrogen-bond acceptors (Lipinski definition) is 4. The van der Waals surface area contributed by atoms with Gasteiger partial charge in [-0.15, -0.1) is 0 Å². The number of hydrazine groups is 1. The van der Waals surface area contributed by atoms with E-state index >= 15 is 0 Å². The quantitative estimate of drug-likeness (QED) is 0.528. The number of carbonyl (C=O) groups is 2. The third-order valence-electron chi connectivity index (χ3n) is 6.25. The summed E-state index contributed by atoms with van der Waals surface area (Å²) >= 11 is 0. The number of amides is 2. The number of sulfonamides is 1. The van der Waals surface area contributed by atoms with Gasteiger partial charge >= 0.3 is 0 Å². The Kier molecular flexibility index (Phi) is 7.59. The molecule has 2 amide bonds. The van der Waals surface area contributed by atoms with Gasteiger partial charge in [-0.3, -0.25) is 14.6 Å². The highest BCUT2D eigenvalue weighted by Crippen LogP contribution is 2.37. The molecule has 0 radical (unpaired) electrons. The predicted octanol–water partition coefficient (Wildman–Crippen LogP) is 4.08. The van der Waals surface area contributed by atoms with E-state index in [0.717, 1.165) is 31.2 Å². The molecule has 1 saturated heterocycles. The number of nitrogens with two attached hydrogens (primary N) is 1. The zero-order valence-electron chi connectivity index (χ0n) is 19.6. The molecule has 1 atom stereocenters. The van der Waals surface area contributed by atoms with Gasteiger partial charge in [-0.05, 0) is 37.0 Å². The Morgan fingerprint density at radius 3 is 2.09 bits per heavy atom. The van der Waals surface area contributed by atoms with Crippen LogP contribution in [0.15, 0.2) is 53.4 Å². The smallest absolute Gasteiger partial charge is 0.256 e. The second-order valence-electron chi connectivity index (χ2n) is 8.82. The summed E-state index contributed by atoms with van der Waals surface area (Å²) in [7, 11) is -3.86. The first-order valence-corrected chi connectivity index (χ1v) is 13.0. The molecule has 3 rings (SSSR count). The van der Waals surface area contributed by atoms with Crippen LogP contribution in [0.25, 0.3) is 11.1 Å². The van der Waals surface area contributed by atoms with Crippen LogP contribution in [0, 0.1) is 5.41 Å². The molecule has 178 valence electrons. The van der Waals surface area contributed by atoms with Gasteiger partial charge in [-0.25, -0.2) is 18.6 Å². The summed E-state index contributed by atoms with van der Waals surface area (Å²) in [6.45, 7) is 6.67. The minimum atomic E-state index is -3.86. The molecular formula is C25H33N3O4S. The van der Waals surface area contributed by atoms with Crippen molar-refractivity contribution in [3.8, 4) is 11.1 Å². The van der Waals surface area contributed by atoms with Gasteiger partial charge < -0.3 is 0 Å². The summed E-state index contributed by atoms with van der Waals surface area (Å²) in [6.07, 6.45) is 4.04. The Morgan fingerprint density at radius 1 is 0.879 bits per heavy atom. The van der Waals surface area contributed by atoms with E-state index in [9.17, 15) is 18.0 Å². The van der Waals surface area contributed by atoms with Crippen molar-refractivity contribution in [3.63, 3.8) is 0 Å². The molecule has 1 heterocycles. The number of unbranched alkanes of at least 4 members (excludes halogenated alkanes) is 2. The fraction of sp³-hybridized carbons (Fsp3) is 0.440. The molecule has 1 fully saturated rings. The Balaban J connectivity index is 1.88. The topological polar surface area (TPSA) is 101 Å². The van der Waals surface area contributed by atoms with Crippen LogP contribution < -0.4 is 5.14 Å². The lowest BCUT2D eigenvalue weighted by Crippen LogP contribution is -2.40. The van der Waals surface area contributed by atoms with Crippen LogP contribution in [0.5, 0.6) is 0 Å². The SMILES string of the molecule is CCCCN1C(=O)C(C)(CCCC)C(=O)N1Cc1ccc(-c2ccccc2S(N)(=O)=O)cc1.